The number of nitriles is 1. The SMILES string of the molecule is Cc1ccc(C2(CCC#N)COC2)c(C)c1. The second-order valence-electron chi connectivity index (χ2n) is 4.75. The van der Waals surface area contributed by atoms with Crippen LogP contribution in [0.2, 0.25) is 0 Å². The molecule has 0 radical (unpaired) electrons. The second kappa shape index (κ2) is 4.27. The van der Waals surface area contributed by atoms with Crippen molar-refractivity contribution in [1.82, 2.24) is 0 Å². The van der Waals surface area contributed by atoms with Gasteiger partial charge in [0.15, 0.2) is 0 Å². The number of nitrogens with zero attached hydrogens (tertiary/aromatic N) is 1. The van der Waals surface area contributed by atoms with Gasteiger partial charge in [-0.1, -0.05) is 23.8 Å². The first-order chi connectivity index (χ1) is 7.68. The molecule has 0 bridgehead atoms. The smallest absolute Gasteiger partial charge is 0.0622 e. The van der Waals surface area contributed by atoms with E-state index in [1.54, 1.807) is 0 Å². The maximum atomic E-state index is 8.72. The highest BCUT2D eigenvalue weighted by Crippen LogP contribution is 2.38. The molecule has 0 atom stereocenters. The van der Waals surface area contributed by atoms with E-state index in [0.29, 0.717) is 6.42 Å². The van der Waals surface area contributed by atoms with E-state index in [0.717, 1.165) is 19.6 Å². The van der Waals surface area contributed by atoms with Crippen LogP contribution in [0.15, 0.2) is 18.2 Å². The Morgan fingerprint density at radius 3 is 2.62 bits per heavy atom. The molecule has 0 N–H and O–H groups in total. The molecule has 2 nitrogen and oxygen atoms in total. The molecule has 1 aromatic carbocycles. The molecule has 2 rings (SSSR count). The van der Waals surface area contributed by atoms with E-state index in [4.69, 9.17) is 10.00 Å². The van der Waals surface area contributed by atoms with Gasteiger partial charge in [-0.3, -0.25) is 0 Å². The number of benzene rings is 1. The highest BCUT2D eigenvalue weighted by atomic mass is 16.5. The van der Waals surface area contributed by atoms with Gasteiger partial charge in [0.1, 0.15) is 0 Å². The Hall–Kier alpha value is -1.33. The summed E-state index contributed by atoms with van der Waals surface area (Å²) in [7, 11) is 0. The third-order valence-corrected chi connectivity index (χ3v) is 3.43. The van der Waals surface area contributed by atoms with Crippen molar-refractivity contribution >= 4 is 0 Å². The maximum absolute atomic E-state index is 8.72. The minimum Gasteiger partial charge on any atom is -0.379 e. The van der Waals surface area contributed by atoms with Crippen LogP contribution in [-0.2, 0) is 10.2 Å². The van der Waals surface area contributed by atoms with Crippen molar-refractivity contribution in [2.45, 2.75) is 32.1 Å². The molecule has 16 heavy (non-hydrogen) atoms. The Morgan fingerprint density at radius 2 is 2.12 bits per heavy atom. The van der Waals surface area contributed by atoms with Gasteiger partial charge in [-0.25, -0.2) is 0 Å². The van der Waals surface area contributed by atoms with E-state index >= 15 is 0 Å². The fourth-order valence-corrected chi connectivity index (χ4v) is 2.49. The summed E-state index contributed by atoms with van der Waals surface area (Å²) in [5.74, 6) is 0. The Labute approximate surface area is 96.9 Å². The normalized spacial score (nSPS) is 17.6. The van der Waals surface area contributed by atoms with E-state index < -0.39 is 0 Å². The summed E-state index contributed by atoms with van der Waals surface area (Å²) >= 11 is 0. The Kier molecular flexibility index (Phi) is 2.98. The molecular weight excluding hydrogens is 198 g/mol. The highest BCUT2D eigenvalue weighted by molar-refractivity contribution is 5.38. The third kappa shape index (κ3) is 1.83. The van der Waals surface area contributed by atoms with Gasteiger partial charge < -0.3 is 4.74 Å². The molecule has 84 valence electrons. The number of aryl methyl sites for hydroxylation is 2. The molecule has 0 amide bonds. The van der Waals surface area contributed by atoms with Crippen molar-refractivity contribution in [3.63, 3.8) is 0 Å². The van der Waals surface area contributed by atoms with Crippen LogP contribution in [0, 0.1) is 25.2 Å². The van der Waals surface area contributed by atoms with E-state index in [9.17, 15) is 0 Å². The number of ether oxygens (including phenoxy) is 1. The van der Waals surface area contributed by atoms with Gasteiger partial charge >= 0.3 is 0 Å². The highest BCUT2D eigenvalue weighted by Gasteiger charge is 2.40. The van der Waals surface area contributed by atoms with Crippen LogP contribution in [0.5, 0.6) is 0 Å². The molecule has 0 spiro atoms. The predicted molar refractivity (Wildman–Crippen MR) is 63.3 cm³/mol. The summed E-state index contributed by atoms with van der Waals surface area (Å²) in [6.07, 6.45) is 1.52. The van der Waals surface area contributed by atoms with E-state index in [2.05, 4.69) is 38.1 Å². The van der Waals surface area contributed by atoms with Crippen LogP contribution in [0.4, 0.5) is 0 Å². The standard InChI is InChI=1S/C14H17NO/c1-11-4-5-13(12(2)8-11)14(6-3-7-15)9-16-10-14/h4-5,8H,3,6,9-10H2,1-2H3. The average Bonchev–Trinajstić information content (AvgIpc) is 2.19. The number of rotatable bonds is 3. The molecule has 1 saturated heterocycles. The first kappa shape index (κ1) is 11.2. The van der Waals surface area contributed by atoms with Crippen molar-refractivity contribution in [3.05, 3.63) is 34.9 Å². The first-order valence-electron chi connectivity index (χ1n) is 5.70. The Morgan fingerprint density at radius 1 is 1.38 bits per heavy atom. The molecule has 1 aromatic rings. The lowest BCUT2D eigenvalue weighted by molar-refractivity contribution is -0.0640. The zero-order chi connectivity index (χ0) is 11.6. The van der Waals surface area contributed by atoms with E-state index in [1.165, 1.54) is 16.7 Å². The van der Waals surface area contributed by atoms with Gasteiger partial charge in [0, 0.05) is 11.8 Å². The van der Waals surface area contributed by atoms with Crippen molar-refractivity contribution in [3.8, 4) is 6.07 Å². The summed E-state index contributed by atoms with van der Waals surface area (Å²) in [6, 6.07) is 8.79. The van der Waals surface area contributed by atoms with Gasteiger partial charge in [0.25, 0.3) is 0 Å². The molecule has 0 saturated carbocycles. The first-order valence-corrected chi connectivity index (χ1v) is 5.70. The molecule has 2 heteroatoms. The Balaban J connectivity index is 2.30. The number of hydrogen-bond acceptors (Lipinski definition) is 2. The minimum atomic E-state index is 0.105. The van der Waals surface area contributed by atoms with Gasteiger partial charge in [0.05, 0.1) is 19.3 Å². The zero-order valence-corrected chi connectivity index (χ0v) is 9.92. The topological polar surface area (TPSA) is 33.0 Å². The summed E-state index contributed by atoms with van der Waals surface area (Å²) in [5, 5.41) is 8.72. The van der Waals surface area contributed by atoms with Crippen molar-refractivity contribution in [1.29, 1.82) is 5.26 Å². The van der Waals surface area contributed by atoms with Crippen LogP contribution in [0.1, 0.15) is 29.5 Å². The summed E-state index contributed by atoms with van der Waals surface area (Å²) in [5.41, 5.74) is 4.07. The van der Waals surface area contributed by atoms with Crippen LogP contribution < -0.4 is 0 Å². The van der Waals surface area contributed by atoms with Gasteiger partial charge in [-0.15, -0.1) is 0 Å². The predicted octanol–water partition coefficient (Wildman–Crippen LogP) is 2.88. The lowest BCUT2D eigenvalue weighted by Gasteiger charge is -2.42. The lowest BCUT2D eigenvalue weighted by Crippen LogP contribution is -2.47. The lowest BCUT2D eigenvalue weighted by atomic mass is 9.73. The fraction of sp³-hybridized carbons (Fsp3) is 0.500. The minimum absolute atomic E-state index is 0.105. The monoisotopic (exact) mass is 215 g/mol. The fourth-order valence-electron chi connectivity index (χ4n) is 2.49. The van der Waals surface area contributed by atoms with Gasteiger partial charge in [-0.05, 0) is 31.4 Å². The molecular formula is C14H17NO. The molecule has 0 aromatic heterocycles. The quantitative estimate of drug-likeness (QED) is 0.776. The van der Waals surface area contributed by atoms with Gasteiger partial charge in [0.2, 0.25) is 0 Å². The summed E-state index contributed by atoms with van der Waals surface area (Å²) in [6.45, 7) is 5.78. The van der Waals surface area contributed by atoms with E-state index in [-0.39, 0.29) is 5.41 Å². The van der Waals surface area contributed by atoms with Crippen molar-refractivity contribution in [2.24, 2.45) is 0 Å². The van der Waals surface area contributed by atoms with Crippen LogP contribution in [0.3, 0.4) is 0 Å². The van der Waals surface area contributed by atoms with Crippen LogP contribution in [0.25, 0.3) is 0 Å². The van der Waals surface area contributed by atoms with Gasteiger partial charge in [-0.2, -0.15) is 5.26 Å². The van der Waals surface area contributed by atoms with Crippen LogP contribution >= 0.6 is 0 Å². The number of hydrogen-bond donors (Lipinski definition) is 0. The molecule has 0 aliphatic carbocycles. The summed E-state index contributed by atoms with van der Waals surface area (Å²) in [4.78, 5) is 0. The third-order valence-electron chi connectivity index (χ3n) is 3.43. The van der Waals surface area contributed by atoms with E-state index in [1.807, 2.05) is 0 Å². The summed E-state index contributed by atoms with van der Waals surface area (Å²) < 4.78 is 5.37. The van der Waals surface area contributed by atoms with Crippen LogP contribution in [-0.4, -0.2) is 13.2 Å². The molecule has 1 aliphatic rings. The van der Waals surface area contributed by atoms with Crippen molar-refractivity contribution < 1.29 is 4.74 Å². The second-order valence-corrected chi connectivity index (χ2v) is 4.75. The maximum Gasteiger partial charge on any atom is 0.0622 e. The zero-order valence-electron chi connectivity index (χ0n) is 9.92. The Bertz CT molecular complexity index is 427. The molecule has 1 heterocycles. The largest absolute Gasteiger partial charge is 0.379 e. The van der Waals surface area contributed by atoms with Crippen molar-refractivity contribution in [2.75, 3.05) is 13.2 Å². The molecule has 0 unspecified atom stereocenters. The molecule has 1 aliphatic heterocycles. The molecule has 1 fully saturated rings. The average molecular weight is 215 g/mol.